The molecule has 1 atom stereocenters. The number of benzene rings is 2. The lowest BCUT2D eigenvalue weighted by Gasteiger charge is -2.27. The van der Waals surface area contributed by atoms with Crippen LogP contribution in [-0.2, 0) is 13.0 Å². The van der Waals surface area contributed by atoms with Crippen LogP contribution in [0.25, 0.3) is 10.9 Å². The van der Waals surface area contributed by atoms with Gasteiger partial charge in [-0.15, -0.1) is 0 Å². The highest BCUT2D eigenvalue weighted by Crippen LogP contribution is 2.31. The van der Waals surface area contributed by atoms with Crippen molar-refractivity contribution in [1.82, 2.24) is 9.88 Å². The standard InChI is InChI=1S/C19H20N2/c1-2-14-7-9-15(10-8-14)19-18-13-16-5-3-4-6-17(16)21(18)12-11-20-19/h3-10,13,19-20H,2,11-12H2,1H3. The molecule has 0 aliphatic carbocycles. The van der Waals surface area contributed by atoms with Crippen LogP contribution in [0.15, 0.2) is 54.6 Å². The summed E-state index contributed by atoms with van der Waals surface area (Å²) >= 11 is 0. The zero-order valence-electron chi connectivity index (χ0n) is 12.3. The molecule has 2 heteroatoms. The summed E-state index contributed by atoms with van der Waals surface area (Å²) in [6.07, 6.45) is 1.10. The van der Waals surface area contributed by atoms with Crippen molar-refractivity contribution in [2.45, 2.75) is 25.9 Å². The third kappa shape index (κ3) is 2.07. The molecule has 106 valence electrons. The van der Waals surface area contributed by atoms with Gasteiger partial charge in [-0.05, 0) is 35.1 Å². The molecule has 3 aromatic rings. The zero-order chi connectivity index (χ0) is 14.2. The van der Waals surface area contributed by atoms with Crippen LogP contribution in [0, 0.1) is 0 Å². The molecule has 1 aliphatic rings. The van der Waals surface area contributed by atoms with E-state index in [0.717, 1.165) is 19.5 Å². The summed E-state index contributed by atoms with van der Waals surface area (Å²) < 4.78 is 2.46. The van der Waals surface area contributed by atoms with E-state index in [2.05, 4.69) is 71.4 Å². The molecular weight excluding hydrogens is 256 g/mol. The molecule has 0 fully saturated rings. The Bertz CT molecular complexity index is 768. The van der Waals surface area contributed by atoms with Crippen molar-refractivity contribution in [3.05, 3.63) is 71.4 Å². The van der Waals surface area contributed by atoms with Crippen LogP contribution in [0.2, 0.25) is 0 Å². The van der Waals surface area contributed by atoms with Gasteiger partial charge < -0.3 is 9.88 Å². The minimum atomic E-state index is 0.303. The predicted octanol–water partition coefficient (Wildman–Crippen LogP) is 3.90. The molecule has 1 N–H and O–H groups in total. The molecule has 1 aromatic heterocycles. The van der Waals surface area contributed by atoms with Gasteiger partial charge in [0.25, 0.3) is 0 Å². The topological polar surface area (TPSA) is 17.0 Å². The number of para-hydroxylation sites is 1. The van der Waals surface area contributed by atoms with Crippen molar-refractivity contribution in [2.24, 2.45) is 0 Å². The molecular formula is C19H20N2. The Morgan fingerprint density at radius 1 is 1.10 bits per heavy atom. The van der Waals surface area contributed by atoms with Gasteiger partial charge in [-0.2, -0.15) is 0 Å². The normalized spacial score (nSPS) is 17.9. The van der Waals surface area contributed by atoms with E-state index in [4.69, 9.17) is 0 Å². The van der Waals surface area contributed by atoms with Gasteiger partial charge in [0, 0.05) is 24.3 Å². The van der Waals surface area contributed by atoms with Gasteiger partial charge in [-0.25, -0.2) is 0 Å². The third-order valence-corrected chi connectivity index (χ3v) is 4.54. The van der Waals surface area contributed by atoms with Crippen LogP contribution in [0.4, 0.5) is 0 Å². The summed E-state index contributed by atoms with van der Waals surface area (Å²) in [5.74, 6) is 0. The van der Waals surface area contributed by atoms with E-state index in [1.165, 1.54) is 27.7 Å². The average Bonchev–Trinajstić information content (AvgIpc) is 2.94. The lowest BCUT2D eigenvalue weighted by atomic mass is 10.00. The van der Waals surface area contributed by atoms with Crippen LogP contribution in [0.1, 0.15) is 29.8 Å². The average molecular weight is 276 g/mol. The maximum absolute atomic E-state index is 3.67. The highest BCUT2D eigenvalue weighted by atomic mass is 15.1. The minimum absolute atomic E-state index is 0.303. The van der Waals surface area contributed by atoms with E-state index >= 15 is 0 Å². The first kappa shape index (κ1) is 12.7. The van der Waals surface area contributed by atoms with Gasteiger partial charge >= 0.3 is 0 Å². The van der Waals surface area contributed by atoms with Crippen molar-refractivity contribution >= 4 is 10.9 Å². The van der Waals surface area contributed by atoms with Crippen molar-refractivity contribution in [3.63, 3.8) is 0 Å². The third-order valence-electron chi connectivity index (χ3n) is 4.54. The summed E-state index contributed by atoms with van der Waals surface area (Å²) in [7, 11) is 0. The lowest BCUT2D eigenvalue weighted by Crippen LogP contribution is -2.33. The van der Waals surface area contributed by atoms with Crippen LogP contribution in [-0.4, -0.2) is 11.1 Å². The molecule has 21 heavy (non-hydrogen) atoms. The second-order valence-electron chi connectivity index (χ2n) is 5.76. The highest BCUT2D eigenvalue weighted by molar-refractivity contribution is 5.81. The molecule has 0 bridgehead atoms. The Morgan fingerprint density at radius 2 is 1.90 bits per heavy atom. The molecule has 4 rings (SSSR count). The lowest BCUT2D eigenvalue weighted by molar-refractivity contribution is 0.475. The monoisotopic (exact) mass is 276 g/mol. The SMILES string of the molecule is CCc1ccc(C2NCCn3c2cc2ccccc23)cc1. The first-order valence-corrected chi connectivity index (χ1v) is 7.77. The summed E-state index contributed by atoms with van der Waals surface area (Å²) in [5, 5.41) is 5.01. The number of aromatic nitrogens is 1. The molecule has 1 unspecified atom stereocenters. The highest BCUT2D eigenvalue weighted by Gasteiger charge is 2.23. The van der Waals surface area contributed by atoms with Crippen molar-refractivity contribution in [2.75, 3.05) is 6.54 Å². The van der Waals surface area contributed by atoms with Gasteiger partial charge in [0.1, 0.15) is 0 Å². The molecule has 2 heterocycles. The van der Waals surface area contributed by atoms with Gasteiger partial charge in [-0.1, -0.05) is 49.4 Å². The zero-order valence-corrected chi connectivity index (χ0v) is 12.3. The summed E-state index contributed by atoms with van der Waals surface area (Å²) in [4.78, 5) is 0. The maximum atomic E-state index is 3.67. The fourth-order valence-electron chi connectivity index (χ4n) is 3.38. The summed E-state index contributed by atoms with van der Waals surface area (Å²) in [5.41, 5.74) is 5.49. The number of aryl methyl sites for hydroxylation is 1. The molecule has 0 saturated heterocycles. The Labute approximate surface area is 125 Å². The quantitative estimate of drug-likeness (QED) is 0.751. The molecule has 0 spiro atoms. The second-order valence-corrected chi connectivity index (χ2v) is 5.76. The van der Waals surface area contributed by atoms with Crippen LogP contribution >= 0.6 is 0 Å². The molecule has 0 radical (unpaired) electrons. The van der Waals surface area contributed by atoms with E-state index in [1.54, 1.807) is 0 Å². The van der Waals surface area contributed by atoms with Crippen LogP contribution in [0.3, 0.4) is 0 Å². The van der Waals surface area contributed by atoms with Crippen molar-refractivity contribution in [1.29, 1.82) is 0 Å². The minimum Gasteiger partial charge on any atom is -0.341 e. The van der Waals surface area contributed by atoms with E-state index in [1.807, 2.05) is 0 Å². The summed E-state index contributed by atoms with van der Waals surface area (Å²) in [6.45, 7) is 4.27. The predicted molar refractivity (Wildman–Crippen MR) is 87.6 cm³/mol. The van der Waals surface area contributed by atoms with Crippen molar-refractivity contribution < 1.29 is 0 Å². The largest absolute Gasteiger partial charge is 0.341 e. The first-order valence-electron chi connectivity index (χ1n) is 7.77. The first-order chi connectivity index (χ1) is 10.4. The number of rotatable bonds is 2. The fraction of sp³-hybridized carbons (Fsp3) is 0.263. The van der Waals surface area contributed by atoms with E-state index < -0.39 is 0 Å². The Hall–Kier alpha value is -2.06. The molecule has 1 aliphatic heterocycles. The maximum Gasteiger partial charge on any atom is 0.0732 e. The number of nitrogens with zero attached hydrogens (tertiary/aromatic N) is 1. The Morgan fingerprint density at radius 3 is 2.71 bits per heavy atom. The number of fused-ring (bicyclic) bond motifs is 3. The number of hydrogen-bond donors (Lipinski definition) is 1. The smallest absolute Gasteiger partial charge is 0.0732 e. The summed E-state index contributed by atoms with van der Waals surface area (Å²) in [6, 6.07) is 20.3. The van der Waals surface area contributed by atoms with Gasteiger partial charge in [0.2, 0.25) is 0 Å². The molecule has 0 amide bonds. The van der Waals surface area contributed by atoms with Gasteiger partial charge in [-0.3, -0.25) is 0 Å². The Balaban J connectivity index is 1.82. The fourth-order valence-corrected chi connectivity index (χ4v) is 3.38. The van der Waals surface area contributed by atoms with E-state index in [0.29, 0.717) is 6.04 Å². The van der Waals surface area contributed by atoms with Crippen LogP contribution in [0.5, 0.6) is 0 Å². The van der Waals surface area contributed by atoms with Crippen LogP contribution < -0.4 is 5.32 Å². The van der Waals surface area contributed by atoms with Gasteiger partial charge in [0.05, 0.1) is 6.04 Å². The Kier molecular flexibility index (Phi) is 3.04. The van der Waals surface area contributed by atoms with Gasteiger partial charge in [0.15, 0.2) is 0 Å². The molecule has 2 aromatic carbocycles. The van der Waals surface area contributed by atoms with E-state index in [-0.39, 0.29) is 0 Å². The molecule has 0 saturated carbocycles. The number of hydrogen-bond acceptors (Lipinski definition) is 1. The van der Waals surface area contributed by atoms with Crippen molar-refractivity contribution in [3.8, 4) is 0 Å². The van der Waals surface area contributed by atoms with E-state index in [9.17, 15) is 0 Å². The second kappa shape index (κ2) is 5.05. The number of nitrogens with one attached hydrogen (secondary N) is 1. The molecule has 2 nitrogen and oxygen atoms in total.